The molecule has 7 nitrogen and oxygen atoms in total. The number of amides is 2. The molecule has 1 atom stereocenters. The maximum absolute atomic E-state index is 14.6. The van der Waals surface area contributed by atoms with Gasteiger partial charge in [0.2, 0.25) is 11.8 Å². The number of hydrogen-bond donors (Lipinski definition) is 1. The average Bonchev–Trinajstić information content (AvgIpc) is 2.91. The fourth-order valence-electron chi connectivity index (χ4n) is 3.92. The molecule has 0 radical (unpaired) electrons. The molecule has 1 N–H and O–H groups in total. The molecule has 202 valence electrons. The number of benzene rings is 3. The van der Waals surface area contributed by atoms with E-state index in [1.807, 2.05) is 20.8 Å². The zero-order valence-electron chi connectivity index (χ0n) is 22.1. The number of halogens is 1. The lowest BCUT2D eigenvalue weighted by Crippen LogP contribution is -2.51. The van der Waals surface area contributed by atoms with Crippen LogP contribution < -0.4 is 9.62 Å². The standard InChI is InChI=1S/C29H34FN3O4S/c1-5-17-31-29(35)23(4)32(19-24-11-9-10-14-27(24)30)28(34)20-33(25-16-15-21(2)22(3)18-25)38(36,37)26-12-7-6-8-13-26/h6-16,18,23H,5,17,19-20H2,1-4H3,(H,31,35)/t23-/m0/s1. The van der Waals surface area contributed by atoms with E-state index in [1.165, 1.54) is 35.2 Å². The van der Waals surface area contributed by atoms with Gasteiger partial charge in [0.15, 0.2) is 0 Å². The van der Waals surface area contributed by atoms with Crippen molar-refractivity contribution in [2.45, 2.75) is 51.6 Å². The molecule has 0 aliphatic carbocycles. The highest BCUT2D eigenvalue weighted by atomic mass is 32.2. The molecule has 3 aromatic carbocycles. The Hall–Kier alpha value is -3.72. The first kappa shape index (κ1) is 28.8. The lowest BCUT2D eigenvalue weighted by molar-refractivity contribution is -0.139. The molecule has 0 bridgehead atoms. The lowest BCUT2D eigenvalue weighted by Gasteiger charge is -2.32. The molecular weight excluding hydrogens is 505 g/mol. The number of nitrogens with one attached hydrogen (secondary N) is 1. The first-order valence-corrected chi connectivity index (χ1v) is 14.0. The van der Waals surface area contributed by atoms with Gasteiger partial charge in [0.25, 0.3) is 10.0 Å². The zero-order chi connectivity index (χ0) is 27.9. The van der Waals surface area contributed by atoms with Gasteiger partial charge >= 0.3 is 0 Å². The van der Waals surface area contributed by atoms with Crippen LogP contribution in [0.15, 0.2) is 77.7 Å². The highest BCUT2D eigenvalue weighted by molar-refractivity contribution is 7.92. The Balaban J connectivity index is 2.04. The Morgan fingerprint density at radius 1 is 0.947 bits per heavy atom. The number of anilines is 1. The van der Waals surface area contributed by atoms with Crippen LogP contribution in [-0.4, -0.2) is 44.3 Å². The third kappa shape index (κ3) is 6.77. The molecule has 0 aliphatic rings. The summed E-state index contributed by atoms with van der Waals surface area (Å²) in [6, 6.07) is 18.0. The average molecular weight is 540 g/mol. The third-order valence-electron chi connectivity index (χ3n) is 6.40. The third-order valence-corrected chi connectivity index (χ3v) is 8.19. The van der Waals surface area contributed by atoms with Crippen molar-refractivity contribution in [1.29, 1.82) is 0 Å². The normalized spacial score (nSPS) is 12.0. The van der Waals surface area contributed by atoms with Crippen molar-refractivity contribution in [2.75, 3.05) is 17.4 Å². The second-order valence-electron chi connectivity index (χ2n) is 9.17. The molecule has 3 aromatic rings. The molecule has 2 amide bonds. The van der Waals surface area contributed by atoms with E-state index in [9.17, 15) is 22.4 Å². The molecule has 0 aromatic heterocycles. The van der Waals surface area contributed by atoms with Gasteiger partial charge < -0.3 is 10.2 Å². The number of aryl methyl sites for hydroxylation is 2. The van der Waals surface area contributed by atoms with Crippen LogP contribution in [0.2, 0.25) is 0 Å². The second kappa shape index (κ2) is 12.7. The summed E-state index contributed by atoms with van der Waals surface area (Å²) < 4.78 is 43.1. The molecular formula is C29H34FN3O4S. The van der Waals surface area contributed by atoms with Crippen molar-refractivity contribution in [3.63, 3.8) is 0 Å². The predicted octanol–water partition coefficient (Wildman–Crippen LogP) is 4.58. The van der Waals surface area contributed by atoms with Gasteiger partial charge in [-0.2, -0.15) is 0 Å². The number of carbonyl (C=O) groups excluding carboxylic acids is 2. The van der Waals surface area contributed by atoms with Crippen LogP contribution in [0.3, 0.4) is 0 Å². The van der Waals surface area contributed by atoms with Gasteiger partial charge in [-0.3, -0.25) is 13.9 Å². The Morgan fingerprint density at radius 2 is 1.61 bits per heavy atom. The maximum atomic E-state index is 14.6. The van der Waals surface area contributed by atoms with Gasteiger partial charge in [0.05, 0.1) is 10.6 Å². The minimum absolute atomic E-state index is 0.0282. The van der Waals surface area contributed by atoms with Crippen molar-refractivity contribution >= 4 is 27.5 Å². The van der Waals surface area contributed by atoms with Gasteiger partial charge in [-0.1, -0.05) is 49.4 Å². The highest BCUT2D eigenvalue weighted by Crippen LogP contribution is 2.26. The van der Waals surface area contributed by atoms with E-state index in [-0.39, 0.29) is 17.0 Å². The monoisotopic (exact) mass is 539 g/mol. The van der Waals surface area contributed by atoms with E-state index in [4.69, 9.17) is 0 Å². The number of sulfonamides is 1. The fourth-order valence-corrected chi connectivity index (χ4v) is 5.34. The molecule has 0 fully saturated rings. The van der Waals surface area contributed by atoms with Crippen molar-refractivity contribution in [3.8, 4) is 0 Å². The van der Waals surface area contributed by atoms with Gasteiger partial charge in [-0.05, 0) is 68.7 Å². The summed E-state index contributed by atoms with van der Waals surface area (Å²) in [7, 11) is -4.14. The van der Waals surface area contributed by atoms with Gasteiger partial charge in [0.1, 0.15) is 18.4 Å². The Kier molecular flexibility index (Phi) is 9.63. The Bertz CT molecular complexity index is 1380. The number of rotatable bonds is 11. The molecule has 0 heterocycles. The minimum Gasteiger partial charge on any atom is -0.354 e. The molecule has 38 heavy (non-hydrogen) atoms. The lowest BCUT2D eigenvalue weighted by atomic mass is 10.1. The molecule has 3 rings (SSSR count). The van der Waals surface area contributed by atoms with Gasteiger partial charge in [0, 0.05) is 18.7 Å². The van der Waals surface area contributed by atoms with Crippen LogP contribution in [0.5, 0.6) is 0 Å². The smallest absolute Gasteiger partial charge is 0.264 e. The van der Waals surface area contributed by atoms with Crippen molar-refractivity contribution in [3.05, 3.63) is 95.3 Å². The fraction of sp³-hybridized carbons (Fsp3) is 0.310. The topological polar surface area (TPSA) is 86.8 Å². The second-order valence-corrected chi connectivity index (χ2v) is 11.0. The molecule has 0 unspecified atom stereocenters. The van der Waals surface area contributed by atoms with E-state index in [2.05, 4.69) is 5.32 Å². The minimum atomic E-state index is -4.14. The Morgan fingerprint density at radius 3 is 2.24 bits per heavy atom. The largest absolute Gasteiger partial charge is 0.354 e. The van der Waals surface area contributed by atoms with Crippen molar-refractivity contribution in [1.82, 2.24) is 10.2 Å². The molecule has 9 heteroatoms. The SMILES string of the molecule is CCCNC(=O)[C@H](C)N(Cc1ccccc1F)C(=O)CN(c1ccc(C)c(C)c1)S(=O)(=O)c1ccccc1. The summed E-state index contributed by atoms with van der Waals surface area (Å²) in [6.07, 6.45) is 0.704. The van der Waals surface area contributed by atoms with Gasteiger partial charge in [-0.15, -0.1) is 0 Å². The van der Waals surface area contributed by atoms with Crippen LogP contribution in [0.4, 0.5) is 10.1 Å². The summed E-state index contributed by atoms with van der Waals surface area (Å²) in [5.74, 6) is -1.56. The van der Waals surface area contributed by atoms with E-state index in [0.717, 1.165) is 15.4 Å². The van der Waals surface area contributed by atoms with Crippen LogP contribution in [0.25, 0.3) is 0 Å². The zero-order valence-corrected chi connectivity index (χ0v) is 23.0. The van der Waals surface area contributed by atoms with Gasteiger partial charge in [-0.25, -0.2) is 12.8 Å². The summed E-state index contributed by atoms with van der Waals surface area (Å²) in [6.45, 7) is 6.88. The van der Waals surface area contributed by atoms with Crippen LogP contribution in [0.1, 0.15) is 37.0 Å². The van der Waals surface area contributed by atoms with Crippen LogP contribution in [0, 0.1) is 19.7 Å². The Labute approximate surface area is 224 Å². The quantitative estimate of drug-likeness (QED) is 0.387. The van der Waals surface area contributed by atoms with E-state index < -0.39 is 40.2 Å². The van der Waals surface area contributed by atoms with E-state index in [0.29, 0.717) is 18.7 Å². The summed E-state index contributed by atoms with van der Waals surface area (Å²) in [4.78, 5) is 27.9. The molecule has 0 saturated heterocycles. The van der Waals surface area contributed by atoms with Crippen molar-refractivity contribution < 1.29 is 22.4 Å². The molecule has 0 saturated carbocycles. The maximum Gasteiger partial charge on any atom is 0.264 e. The molecule has 0 aliphatic heterocycles. The summed E-state index contributed by atoms with van der Waals surface area (Å²) in [5.41, 5.74) is 2.37. The van der Waals surface area contributed by atoms with Crippen LogP contribution >= 0.6 is 0 Å². The van der Waals surface area contributed by atoms with E-state index in [1.54, 1.807) is 49.4 Å². The van der Waals surface area contributed by atoms with Crippen molar-refractivity contribution in [2.24, 2.45) is 0 Å². The molecule has 0 spiro atoms. The first-order valence-electron chi connectivity index (χ1n) is 12.5. The summed E-state index contributed by atoms with van der Waals surface area (Å²) >= 11 is 0. The highest BCUT2D eigenvalue weighted by Gasteiger charge is 2.32. The number of nitrogens with zero attached hydrogens (tertiary/aromatic N) is 2. The predicted molar refractivity (Wildman–Crippen MR) is 147 cm³/mol. The number of hydrogen-bond acceptors (Lipinski definition) is 4. The van der Waals surface area contributed by atoms with E-state index >= 15 is 0 Å². The number of carbonyl (C=O) groups is 2. The van der Waals surface area contributed by atoms with Crippen LogP contribution in [-0.2, 0) is 26.2 Å². The first-order chi connectivity index (χ1) is 18.1. The summed E-state index contributed by atoms with van der Waals surface area (Å²) in [5, 5.41) is 2.76.